The first-order chi connectivity index (χ1) is 5.40. The first-order valence-electron chi connectivity index (χ1n) is 3.44. The number of nitrogens with one attached hydrogen (secondary N) is 1. The third-order valence-electron chi connectivity index (χ3n) is 1.62. The van der Waals surface area contributed by atoms with E-state index >= 15 is 0 Å². The molecule has 0 bridgehead atoms. The summed E-state index contributed by atoms with van der Waals surface area (Å²) in [4.78, 5) is 3.26. The van der Waals surface area contributed by atoms with E-state index in [-0.39, 0.29) is 17.0 Å². The number of alkyl halides is 1. The van der Waals surface area contributed by atoms with E-state index < -0.39 is 0 Å². The number of hydrogen-bond acceptors (Lipinski definition) is 0. The number of nitrogens with zero attached hydrogens (tertiary/aromatic N) is 1. The number of fused-ring (bicyclic) bond motifs is 1. The highest BCUT2D eigenvalue weighted by Crippen LogP contribution is 2.01. The van der Waals surface area contributed by atoms with Crippen LogP contribution in [-0.4, -0.2) is 4.98 Å². The lowest BCUT2D eigenvalue weighted by Crippen LogP contribution is -3.00. The summed E-state index contributed by atoms with van der Waals surface area (Å²) in [5.74, 6) is 0. The van der Waals surface area contributed by atoms with Gasteiger partial charge in [-0.25, -0.2) is 9.38 Å². The lowest BCUT2D eigenvalue weighted by Gasteiger charge is -1.78. The molecule has 0 aliphatic rings. The van der Waals surface area contributed by atoms with Crippen molar-refractivity contribution in [1.82, 2.24) is 4.98 Å². The first kappa shape index (κ1) is 9.74. The molecule has 2 heterocycles. The van der Waals surface area contributed by atoms with Crippen molar-refractivity contribution < 1.29 is 21.4 Å². The van der Waals surface area contributed by atoms with Gasteiger partial charge in [-0.15, -0.1) is 0 Å². The van der Waals surface area contributed by atoms with Crippen LogP contribution in [0.5, 0.6) is 0 Å². The summed E-state index contributed by atoms with van der Waals surface area (Å²) >= 11 is 3.39. The largest absolute Gasteiger partial charge is 1.00 e. The Bertz CT molecular complexity index is 337. The van der Waals surface area contributed by atoms with Crippen LogP contribution < -0.4 is 21.4 Å². The van der Waals surface area contributed by atoms with Crippen LogP contribution in [0.2, 0.25) is 0 Å². The second kappa shape index (κ2) is 4.05. The second-order valence-electron chi connectivity index (χ2n) is 2.41. The van der Waals surface area contributed by atoms with Crippen LogP contribution in [0.1, 0.15) is 5.69 Å². The number of hydrogen-bond donors (Lipinski definition) is 1. The molecule has 0 saturated heterocycles. The Morgan fingerprint density at radius 1 is 1.42 bits per heavy atom. The van der Waals surface area contributed by atoms with Crippen LogP contribution >= 0.6 is 15.9 Å². The van der Waals surface area contributed by atoms with Gasteiger partial charge in [0.2, 0.25) is 0 Å². The molecule has 2 nitrogen and oxygen atoms in total. The summed E-state index contributed by atoms with van der Waals surface area (Å²) in [6.07, 6.45) is 4.10. The van der Waals surface area contributed by atoms with Gasteiger partial charge in [0.25, 0.3) is 5.65 Å². The van der Waals surface area contributed by atoms with Gasteiger partial charge in [-0.05, 0) is 6.07 Å². The number of pyridine rings is 1. The van der Waals surface area contributed by atoms with Gasteiger partial charge in [0.15, 0.2) is 5.69 Å². The molecule has 0 saturated carbocycles. The molecule has 0 amide bonds. The quantitative estimate of drug-likeness (QED) is 0.495. The minimum absolute atomic E-state index is 0. The summed E-state index contributed by atoms with van der Waals surface area (Å²) in [6, 6.07) is 6.08. The molecule has 2 aromatic heterocycles. The van der Waals surface area contributed by atoms with Crippen molar-refractivity contribution in [2.75, 3.05) is 0 Å². The zero-order valence-corrected chi connectivity index (χ0v) is 9.47. The maximum absolute atomic E-state index is 3.39. The highest BCUT2D eigenvalue weighted by molar-refractivity contribution is 9.08. The Kier molecular flexibility index (Phi) is 3.29. The number of aromatic nitrogens is 2. The van der Waals surface area contributed by atoms with Crippen molar-refractivity contribution >= 4 is 21.6 Å². The number of imidazole rings is 1. The lowest BCUT2D eigenvalue weighted by atomic mass is 10.5. The van der Waals surface area contributed by atoms with Gasteiger partial charge >= 0.3 is 0 Å². The summed E-state index contributed by atoms with van der Waals surface area (Å²) in [5.41, 5.74) is 2.32. The van der Waals surface area contributed by atoms with Gasteiger partial charge in [0.05, 0.1) is 11.5 Å². The van der Waals surface area contributed by atoms with E-state index in [2.05, 4.69) is 31.5 Å². The monoisotopic (exact) mass is 290 g/mol. The van der Waals surface area contributed by atoms with E-state index in [9.17, 15) is 0 Å². The van der Waals surface area contributed by atoms with E-state index in [1.54, 1.807) is 0 Å². The minimum atomic E-state index is 0. The smallest absolute Gasteiger partial charge is 0.284 e. The average molecular weight is 292 g/mol. The van der Waals surface area contributed by atoms with Crippen LogP contribution in [0.15, 0.2) is 30.6 Å². The molecule has 0 atom stereocenters. The summed E-state index contributed by atoms with van der Waals surface area (Å²) in [5, 5.41) is 0.870. The van der Waals surface area contributed by atoms with Crippen molar-refractivity contribution in [1.29, 1.82) is 0 Å². The molecule has 4 heteroatoms. The van der Waals surface area contributed by atoms with Gasteiger partial charge in [0, 0.05) is 6.07 Å². The standard InChI is InChI=1S/C8H7BrN2.BrH/c9-5-7-6-11-4-2-1-3-8(11)10-7;/h1-4,6H,5H2;1H. The van der Waals surface area contributed by atoms with E-state index in [4.69, 9.17) is 0 Å². The van der Waals surface area contributed by atoms with Gasteiger partial charge in [-0.1, -0.05) is 22.0 Å². The molecule has 0 unspecified atom stereocenters. The molecule has 64 valence electrons. The van der Waals surface area contributed by atoms with Gasteiger partial charge in [-0.2, -0.15) is 0 Å². The Balaban J connectivity index is 0.000000720. The molecular formula is C8H8Br2N2. The van der Waals surface area contributed by atoms with E-state index in [1.165, 1.54) is 5.69 Å². The highest BCUT2D eigenvalue weighted by atomic mass is 79.9. The third-order valence-corrected chi connectivity index (χ3v) is 2.22. The third kappa shape index (κ3) is 1.69. The fourth-order valence-corrected chi connectivity index (χ4v) is 1.39. The molecule has 0 aliphatic carbocycles. The minimum Gasteiger partial charge on any atom is -1.00 e. The number of rotatable bonds is 1. The van der Waals surface area contributed by atoms with E-state index in [0.717, 1.165) is 11.0 Å². The van der Waals surface area contributed by atoms with Crippen molar-refractivity contribution in [2.45, 2.75) is 5.33 Å². The van der Waals surface area contributed by atoms with Crippen LogP contribution in [0.4, 0.5) is 0 Å². The van der Waals surface area contributed by atoms with Crippen LogP contribution in [0.3, 0.4) is 0 Å². The molecule has 0 spiro atoms. The Morgan fingerprint density at radius 3 is 2.92 bits per heavy atom. The van der Waals surface area contributed by atoms with E-state index in [1.807, 2.05) is 24.4 Å². The molecule has 0 aromatic carbocycles. The fraction of sp³-hybridized carbons (Fsp3) is 0.125. The second-order valence-corrected chi connectivity index (χ2v) is 2.97. The topological polar surface area (TPSA) is 19.9 Å². The zero-order chi connectivity index (χ0) is 7.68. The Hall–Kier alpha value is -0.350. The normalized spacial score (nSPS) is 9.75. The Labute approximate surface area is 89.5 Å². The van der Waals surface area contributed by atoms with Gasteiger partial charge in [-0.3, -0.25) is 0 Å². The molecule has 12 heavy (non-hydrogen) atoms. The van der Waals surface area contributed by atoms with Gasteiger partial charge in [0.1, 0.15) is 6.20 Å². The Morgan fingerprint density at radius 2 is 2.25 bits per heavy atom. The predicted octanol–water partition coefficient (Wildman–Crippen LogP) is -1.35. The SMILES string of the molecule is BrCc1c[n+]2ccccc2[nH]1.[Br-]. The summed E-state index contributed by atoms with van der Waals surface area (Å²) < 4.78 is 2.07. The number of aromatic amines is 1. The highest BCUT2D eigenvalue weighted by Gasteiger charge is 2.04. The average Bonchev–Trinajstić information content (AvgIpc) is 2.46. The predicted molar refractivity (Wildman–Crippen MR) is 46.6 cm³/mol. The maximum Gasteiger partial charge on any atom is 0.284 e. The molecular weight excluding hydrogens is 284 g/mol. The number of H-pyrrole nitrogens is 1. The molecule has 2 rings (SSSR count). The first-order valence-corrected chi connectivity index (χ1v) is 4.56. The van der Waals surface area contributed by atoms with Crippen molar-refractivity contribution in [3.8, 4) is 0 Å². The summed E-state index contributed by atoms with van der Waals surface area (Å²) in [7, 11) is 0. The molecule has 0 radical (unpaired) electrons. The molecule has 1 N–H and O–H groups in total. The fourth-order valence-electron chi connectivity index (χ4n) is 1.11. The van der Waals surface area contributed by atoms with Crippen molar-refractivity contribution in [3.63, 3.8) is 0 Å². The zero-order valence-electron chi connectivity index (χ0n) is 6.30. The lowest BCUT2D eigenvalue weighted by molar-refractivity contribution is -0.510. The van der Waals surface area contributed by atoms with Crippen LogP contribution in [0.25, 0.3) is 5.65 Å². The molecule has 0 aliphatic heterocycles. The maximum atomic E-state index is 3.39. The van der Waals surface area contributed by atoms with Crippen molar-refractivity contribution in [3.05, 3.63) is 36.3 Å². The summed E-state index contributed by atoms with van der Waals surface area (Å²) in [6.45, 7) is 0. The molecule has 0 fully saturated rings. The van der Waals surface area contributed by atoms with E-state index in [0.29, 0.717) is 0 Å². The van der Waals surface area contributed by atoms with Gasteiger partial charge < -0.3 is 17.0 Å². The molecule has 2 aromatic rings. The van der Waals surface area contributed by atoms with Crippen molar-refractivity contribution in [2.24, 2.45) is 0 Å². The van der Waals surface area contributed by atoms with Crippen LogP contribution in [0, 0.1) is 0 Å². The number of halogens is 2. The van der Waals surface area contributed by atoms with Crippen LogP contribution in [-0.2, 0) is 5.33 Å².